The normalized spacial score (nSPS) is 12.4. The van der Waals surface area contributed by atoms with Gasteiger partial charge in [-0.15, -0.1) is 0 Å². The summed E-state index contributed by atoms with van der Waals surface area (Å²) in [7, 11) is 0. The molecule has 0 atom stereocenters. The second-order valence-corrected chi connectivity index (χ2v) is 6.00. The van der Waals surface area contributed by atoms with Gasteiger partial charge in [0.1, 0.15) is 0 Å². The molecule has 0 saturated carbocycles. The Kier molecular flexibility index (Phi) is 3.67. The van der Waals surface area contributed by atoms with Gasteiger partial charge in [-0.2, -0.15) is 13.2 Å². The number of H-pyrrole nitrogens is 1. The molecule has 0 spiro atoms. The van der Waals surface area contributed by atoms with Crippen LogP contribution in [0.15, 0.2) is 23.0 Å². The first kappa shape index (κ1) is 15.9. The van der Waals surface area contributed by atoms with E-state index >= 15 is 0 Å². The van der Waals surface area contributed by atoms with Crippen molar-refractivity contribution in [3.8, 4) is 0 Å². The fraction of sp³-hybridized carbons (Fsp3) is 0.312. The van der Waals surface area contributed by atoms with Crippen LogP contribution in [0.1, 0.15) is 17.7 Å². The molecule has 0 bridgehead atoms. The second kappa shape index (κ2) is 5.30. The molecule has 0 saturated heterocycles. The number of hydrogen-bond donors (Lipinski definition) is 1. The number of benzene rings is 1. The Balaban J connectivity index is 2.31. The van der Waals surface area contributed by atoms with Crippen molar-refractivity contribution in [1.29, 1.82) is 0 Å². The Morgan fingerprint density at radius 2 is 1.91 bits per heavy atom. The van der Waals surface area contributed by atoms with Crippen molar-refractivity contribution in [3.05, 3.63) is 44.8 Å². The van der Waals surface area contributed by atoms with Crippen LogP contribution in [0.25, 0.3) is 21.8 Å². The molecule has 122 valence electrons. The fourth-order valence-corrected chi connectivity index (χ4v) is 3.29. The van der Waals surface area contributed by atoms with Crippen LogP contribution >= 0.6 is 11.6 Å². The van der Waals surface area contributed by atoms with E-state index in [0.29, 0.717) is 21.4 Å². The average molecular weight is 343 g/mol. The monoisotopic (exact) mass is 342 g/mol. The van der Waals surface area contributed by atoms with Crippen molar-refractivity contribution in [1.82, 2.24) is 9.55 Å². The SMILES string of the molecule is Cc1c(C)n(CCC(F)(F)F)c2ccc3[nH]c(=O)cc(Cl)c3c12. The number of nitrogens with zero attached hydrogens (tertiary/aromatic N) is 1. The average Bonchev–Trinajstić information content (AvgIpc) is 2.67. The van der Waals surface area contributed by atoms with E-state index in [4.69, 9.17) is 11.6 Å². The van der Waals surface area contributed by atoms with Crippen LogP contribution in [0.2, 0.25) is 5.02 Å². The van der Waals surface area contributed by atoms with Gasteiger partial charge in [0.15, 0.2) is 0 Å². The lowest BCUT2D eigenvalue weighted by Crippen LogP contribution is -2.13. The lowest BCUT2D eigenvalue weighted by molar-refractivity contribution is -0.136. The highest BCUT2D eigenvalue weighted by atomic mass is 35.5. The van der Waals surface area contributed by atoms with Gasteiger partial charge in [0.2, 0.25) is 5.56 Å². The third kappa shape index (κ3) is 2.72. The van der Waals surface area contributed by atoms with E-state index in [1.807, 2.05) is 6.92 Å². The third-order valence-electron chi connectivity index (χ3n) is 4.17. The van der Waals surface area contributed by atoms with Crippen LogP contribution < -0.4 is 5.56 Å². The topological polar surface area (TPSA) is 37.8 Å². The van der Waals surface area contributed by atoms with Crippen molar-refractivity contribution in [2.45, 2.75) is 33.0 Å². The first-order chi connectivity index (χ1) is 10.7. The molecule has 2 aromatic heterocycles. The second-order valence-electron chi connectivity index (χ2n) is 5.59. The van der Waals surface area contributed by atoms with Gasteiger partial charge in [-0.3, -0.25) is 4.79 Å². The number of aromatic nitrogens is 2. The van der Waals surface area contributed by atoms with E-state index in [1.54, 1.807) is 23.6 Å². The summed E-state index contributed by atoms with van der Waals surface area (Å²) in [6.07, 6.45) is -5.11. The highest BCUT2D eigenvalue weighted by molar-refractivity contribution is 6.37. The number of rotatable bonds is 2. The number of hydrogen-bond acceptors (Lipinski definition) is 1. The minimum atomic E-state index is -4.21. The van der Waals surface area contributed by atoms with Gasteiger partial charge >= 0.3 is 6.18 Å². The largest absolute Gasteiger partial charge is 0.390 e. The van der Waals surface area contributed by atoms with Gasteiger partial charge < -0.3 is 9.55 Å². The summed E-state index contributed by atoms with van der Waals surface area (Å²) in [6.45, 7) is 3.49. The van der Waals surface area contributed by atoms with Gasteiger partial charge in [-0.1, -0.05) is 11.6 Å². The quantitative estimate of drug-likeness (QED) is 0.720. The van der Waals surface area contributed by atoms with Crippen LogP contribution in [0, 0.1) is 13.8 Å². The molecule has 0 radical (unpaired) electrons. The number of aryl methyl sites for hydroxylation is 2. The minimum absolute atomic E-state index is 0.147. The predicted molar refractivity (Wildman–Crippen MR) is 85.2 cm³/mol. The molecular weight excluding hydrogens is 329 g/mol. The zero-order chi connectivity index (χ0) is 16.9. The molecule has 7 heteroatoms. The number of nitrogens with one attached hydrogen (secondary N) is 1. The number of halogens is 4. The molecular formula is C16H14ClF3N2O. The first-order valence-corrected chi connectivity index (χ1v) is 7.44. The number of pyridine rings is 1. The van der Waals surface area contributed by atoms with Gasteiger partial charge in [-0.25, -0.2) is 0 Å². The maximum Gasteiger partial charge on any atom is 0.390 e. The molecule has 1 N–H and O–H groups in total. The number of aromatic amines is 1. The zero-order valence-corrected chi connectivity index (χ0v) is 13.3. The molecule has 3 aromatic rings. The Morgan fingerprint density at radius 3 is 2.57 bits per heavy atom. The van der Waals surface area contributed by atoms with Crippen LogP contribution in [0.3, 0.4) is 0 Å². The van der Waals surface area contributed by atoms with E-state index in [1.165, 1.54) is 6.07 Å². The van der Waals surface area contributed by atoms with Crippen molar-refractivity contribution in [3.63, 3.8) is 0 Å². The Bertz CT molecular complexity index is 969. The van der Waals surface area contributed by atoms with E-state index in [-0.39, 0.29) is 12.1 Å². The molecule has 0 aliphatic carbocycles. The summed E-state index contributed by atoms with van der Waals surface area (Å²) in [4.78, 5) is 14.2. The fourth-order valence-electron chi connectivity index (χ4n) is 3.00. The summed E-state index contributed by atoms with van der Waals surface area (Å²) >= 11 is 6.22. The summed E-state index contributed by atoms with van der Waals surface area (Å²) in [6, 6.07) is 4.68. The number of alkyl halides is 3. The summed E-state index contributed by atoms with van der Waals surface area (Å²) in [5.41, 5.74) is 2.57. The predicted octanol–water partition coefficient (Wildman–Crippen LogP) is 4.71. The van der Waals surface area contributed by atoms with Crippen molar-refractivity contribution < 1.29 is 13.2 Å². The van der Waals surface area contributed by atoms with E-state index < -0.39 is 12.6 Å². The van der Waals surface area contributed by atoms with E-state index in [2.05, 4.69) is 4.98 Å². The molecule has 0 aliphatic heterocycles. The van der Waals surface area contributed by atoms with E-state index in [0.717, 1.165) is 16.6 Å². The van der Waals surface area contributed by atoms with Crippen molar-refractivity contribution in [2.75, 3.05) is 0 Å². The van der Waals surface area contributed by atoms with Crippen LogP contribution in [0.4, 0.5) is 13.2 Å². The maximum absolute atomic E-state index is 12.6. The third-order valence-corrected chi connectivity index (χ3v) is 4.47. The van der Waals surface area contributed by atoms with Crippen molar-refractivity contribution >= 4 is 33.4 Å². The minimum Gasteiger partial charge on any atom is -0.344 e. The highest BCUT2D eigenvalue weighted by Gasteiger charge is 2.27. The lowest BCUT2D eigenvalue weighted by Gasteiger charge is -2.11. The van der Waals surface area contributed by atoms with Crippen molar-refractivity contribution in [2.24, 2.45) is 0 Å². The Morgan fingerprint density at radius 1 is 1.22 bits per heavy atom. The van der Waals surface area contributed by atoms with E-state index in [9.17, 15) is 18.0 Å². The lowest BCUT2D eigenvalue weighted by atomic mass is 10.1. The molecule has 2 heterocycles. The molecule has 0 unspecified atom stereocenters. The zero-order valence-electron chi connectivity index (χ0n) is 12.5. The molecule has 1 aromatic carbocycles. The summed E-state index contributed by atoms with van der Waals surface area (Å²) < 4.78 is 39.4. The van der Waals surface area contributed by atoms with Gasteiger partial charge in [0.25, 0.3) is 0 Å². The first-order valence-electron chi connectivity index (χ1n) is 7.07. The molecule has 0 fully saturated rings. The molecule has 23 heavy (non-hydrogen) atoms. The smallest absolute Gasteiger partial charge is 0.344 e. The molecule has 0 aliphatic rings. The summed E-state index contributed by atoms with van der Waals surface area (Å²) in [5.74, 6) is 0. The van der Waals surface area contributed by atoms with Crippen LogP contribution in [-0.4, -0.2) is 15.7 Å². The molecule has 0 amide bonds. The maximum atomic E-state index is 12.6. The standard InChI is InChI=1S/C16H14ClF3N2O/c1-8-9(2)22(6-5-16(18,19)20)12-4-3-11-15(14(8)12)10(17)7-13(23)21-11/h3-4,7H,5-6H2,1-2H3,(H,21,23). The summed E-state index contributed by atoms with van der Waals surface area (Å²) in [5, 5.41) is 1.74. The van der Waals surface area contributed by atoms with Gasteiger partial charge in [-0.05, 0) is 31.5 Å². The molecule has 3 rings (SSSR count). The van der Waals surface area contributed by atoms with Crippen LogP contribution in [-0.2, 0) is 6.54 Å². The highest BCUT2D eigenvalue weighted by Crippen LogP contribution is 2.35. The van der Waals surface area contributed by atoms with Gasteiger partial charge in [0.05, 0.1) is 17.0 Å². The molecule has 3 nitrogen and oxygen atoms in total. The Hall–Kier alpha value is -1.95. The number of fused-ring (bicyclic) bond motifs is 3. The Labute approximate surface area is 134 Å². The van der Waals surface area contributed by atoms with Gasteiger partial charge in [0, 0.05) is 34.6 Å². The van der Waals surface area contributed by atoms with Crippen LogP contribution in [0.5, 0.6) is 0 Å².